The van der Waals surface area contributed by atoms with Gasteiger partial charge >= 0.3 is 0 Å². The van der Waals surface area contributed by atoms with Crippen molar-refractivity contribution in [2.24, 2.45) is 0 Å². The van der Waals surface area contributed by atoms with Crippen molar-refractivity contribution < 1.29 is 12.9 Å². The monoisotopic (exact) mass is 297 g/mol. The number of aromatic nitrogens is 1. The maximum absolute atomic E-state index is 12.0. The van der Waals surface area contributed by atoms with Gasteiger partial charge in [-0.1, -0.05) is 24.2 Å². The van der Waals surface area contributed by atoms with Gasteiger partial charge in [0.1, 0.15) is 11.4 Å². The first-order chi connectivity index (χ1) is 9.52. The van der Waals surface area contributed by atoms with E-state index in [2.05, 4.69) is 15.2 Å². The van der Waals surface area contributed by atoms with Gasteiger partial charge in [-0.15, -0.1) is 0 Å². The highest BCUT2D eigenvalue weighted by Gasteiger charge is 2.17. The predicted molar refractivity (Wildman–Crippen MR) is 77.8 cm³/mol. The van der Waals surface area contributed by atoms with Crippen LogP contribution in [0.25, 0.3) is 11.0 Å². The fourth-order valence-electron chi connectivity index (χ4n) is 1.95. The minimum atomic E-state index is -3.42. The molecular formula is C13H19N3O3S. The number of para-hydroxylation sites is 1. The number of hydrogen-bond acceptors (Lipinski definition) is 5. The summed E-state index contributed by atoms with van der Waals surface area (Å²) in [5.41, 5.74) is 1.03. The maximum atomic E-state index is 12.0. The second kappa shape index (κ2) is 6.34. The van der Waals surface area contributed by atoms with Crippen LogP contribution in [-0.4, -0.2) is 32.7 Å². The third-order valence-electron chi connectivity index (χ3n) is 2.94. The molecule has 1 heterocycles. The van der Waals surface area contributed by atoms with Gasteiger partial charge in [0.15, 0.2) is 5.58 Å². The summed E-state index contributed by atoms with van der Waals surface area (Å²) in [7, 11) is -3.42. The van der Waals surface area contributed by atoms with Crippen LogP contribution in [0, 0.1) is 0 Å². The zero-order chi connectivity index (χ0) is 14.6. The summed E-state index contributed by atoms with van der Waals surface area (Å²) in [6, 6.07) is 7.30. The van der Waals surface area contributed by atoms with Crippen molar-refractivity contribution in [1.29, 1.82) is 0 Å². The first-order valence-electron chi connectivity index (χ1n) is 6.56. The van der Waals surface area contributed by atoms with E-state index in [0.29, 0.717) is 17.8 Å². The van der Waals surface area contributed by atoms with Crippen molar-refractivity contribution in [2.45, 2.75) is 25.6 Å². The summed E-state index contributed by atoms with van der Waals surface area (Å²) in [5.74, 6) is -0.178. The Labute approximate surface area is 118 Å². The van der Waals surface area contributed by atoms with E-state index in [9.17, 15) is 8.42 Å². The van der Waals surface area contributed by atoms with E-state index in [4.69, 9.17) is 4.52 Å². The van der Waals surface area contributed by atoms with Crippen LogP contribution in [0.3, 0.4) is 0 Å². The molecule has 2 aromatic rings. The standard InChI is InChI=1S/C13H19N3O3S/c1-3-14-10(2)8-15-20(17,18)9-12-11-6-4-5-7-13(11)19-16-12/h4-7,10,14-15H,3,8-9H2,1-2H3/t10-/m1/s1. The smallest absolute Gasteiger partial charge is 0.217 e. The average molecular weight is 297 g/mol. The maximum Gasteiger partial charge on any atom is 0.217 e. The molecule has 0 aliphatic rings. The van der Waals surface area contributed by atoms with Gasteiger partial charge in [-0.25, -0.2) is 13.1 Å². The number of fused-ring (bicyclic) bond motifs is 1. The van der Waals surface area contributed by atoms with Crippen molar-refractivity contribution in [2.75, 3.05) is 13.1 Å². The van der Waals surface area contributed by atoms with Crippen LogP contribution < -0.4 is 10.0 Å². The predicted octanol–water partition coefficient (Wildman–Crippen LogP) is 1.25. The molecule has 0 aliphatic heterocycles. The highest BCUT2D eigenvalue weighted by molar-refractivity contribution is 7.88. The molecule has 0 unspecified atom stereocenters. The summed E-state index contributed by atoms with van der Waals surface area (Å²) in [6.07, 6.45) is 0. The van der Waals surface area contributed by atoms with Gasteiger partial charge in [-0.3, -0.25) is 0 Å². The molecule has 1 atom stereocenters. The Morgan fingerprint density at radius 1 is 1.35 bits per heavy atom. The Kier molecular flexibility index (Phi) is 4.74. The Morgan fingerprint density at radius 3 is 2.85 bits per heavy atom. The summed E-state index contributed by atoms with van der Waals surface area (Å²) in [6.45, 7) is 5.06. The van der Waals surface area contributed by atoms with Gasteiger partial charge in [0, 0.05) is 18.0 Å². The Balaban J connectivity index is 2.04. The van der Waals surface area contributed by atoms with E-state index in [1.54, 1.807) is 12.1 Å². The highest BCUT2D eigenvalue weighted by Crippen LogP contribution is 2.19. The Morgan fingerprint density at radius 2 is 2.10 bits per heavy atom. The molecule has 0 radical (unpaired) electrons. The quantitative estimate of drug-likeness (QED) is 0.803. The number of nitrogens with zero attached hydrogens (tertiary/aromatic N) is 1. The lowest BCUT2D eigenvalue weighted by molar-refractivity contribution is 0.448. The molecule has 0 spiro atoms. The lowest BCUT2D eigenvalue weighted by Gasteiger charge is -2.12. The molecule has 1 aromatic heterocycles. The summed E-state index contributed by atoms with van der Waals surface area (Å²) < 4.78 is 31.7. The normalized spacial score (nSPS) is 13.7. The van der Waals surface area contributed by atoms with Crippen molar-refractivity contribution in [3.63, 3.8) is 0 Å². The molecule has 20 heavy (non-hydrogen) atoms. The van der Waals surface area contributed by atoms with E-state index in [0.717, 1.165) is 11.9 Å². The van der Waals surface area contributed by atoms with Crippen LogP contribution in [0.4, 0.5) is 0 Å². The lowest BCUT2D eigenvalue weighted by Crippen LogP contribution is -2.39. The topological polar surface area (TPSA) is 84.2 Å². The zero-order valence-corrected chi connectivity index (χ0v) is 12.4. The van der Waals surface area contributed by atoms with Gasteiger partial charge in [0.05, 0.1) is 0 Å². The van der Waals surface area contributed by atoms with Crippen LogP contribution in [0.15, 0.2) is 28.8 Å². The van der Waals surface area contributed by atoms with Crippen LogP contribution >= 0.6 is 0 Å². The number of hydrogen-bond donors (Lipinski definition) is 2. The second-order valence-electron chi connectivity index (χ2n) is 4.69. The van der Waals surface area contributed by atoms with E-state index in [1.165, 1.54) is 0 Å². The molecule has 110 valence electrons. The fraction of sp³-hybridized carbons (Fsp3) is 0.462. The third kappa shape index (κ3) is 3.78. The SMILES string of the molecule is CCN[C@H](C)CNS(=O)(=O)Cc1noc2ccccc12. The Bertz CT molecular complexity index is 666. The minimum Gasteiger partial charge on any atom is -0.356 e. The molecule has 0 amide bonds. The van der Waals surface area contributed by atoms with Gasteiger partial charge in [-0.05, 0) is 25.6 Å². The van der Waals surface area contributed by atoms with Crippen LogP contribution in [-0.2, 0) is 15.8 Å². The van der Waals surface area contributed by atoms with Crippen molar-refractivity contribution in [3.8, 4) is 0 Å². The molecule has 0 saturated carbocycles. The van der Waals surface area contributed by atoms with E-state index < -0.39 is 10.0 Å². The summed E-state index contributed by atoms with van der Waals surface area (Å²) >= 11 is 0. The van der Waals surface area contributed by atoms with E-state index >= 15 is 0 Å². The van der Waals surface area contributed by atoms with Crippen LogP contribution in [0.2, 0.25) is 0 Å². The van der Waals surface area contributed by atoms with Gasteiger partial charge in [-0.2, -0.15) is 0 Å². The third-order valence-corrected chi connectivity index (χ3v) is 4.20. The summed E-state index contributed by atoms with van der Waals surface area (Å²) in [5, 5.41) is 7.71. The first-order valence-corrected chi connectivity index (χ1v) is 8.21. The number of benzene rings is 1. The summed E-state index contributed by atoms with van der Waals surface area (Å²) in [4.78, 5) is 0. The van der Waals surface area contributed by atoms with Gasteiger partial charge < -0.3 is 9.84 Å². The molecule has 0 saturated heterocycles. The molecular weight excluding hydrogens is 278 g/mol. The van der Waals surface area contributed by atoms with Crippen molar-refractivity contribution >= 4 is 21.0 Å². The van der Waals surface area contributed by atoms with Gasteiger partial charge in [0.2, 0.25) is 10.0 Å². The van der Waals surface area contributed by atoms with Crippen LogP contribution in [0.5, 0.6) is 0 Å². The molecule has 2 rings (SSSR count). The van der Waals surface area contributed by atoms with Crippen molar-refractivity contribution in [3.05, 3.63) is 30.0 Å². The molecule has 2 N–H and O–H groups in total. The molecule has 0 aliphatic carbocycles. The zero-order valence-electron chi connectivity index (χ0n) is 11.6. The van der Waals surface area contributed by atoms with E-state index in [-0.39, 0.29) is 11.8 Å². The van der Waals surface area contributed by atoms with Crippen LogP contribution in [0.1, 0.15) is 19.5 Å². The van der Waals surface area contributed by atoms with Crippen molar-refractivity contribution in [1.82, 2.24) is 15.2 Å². The van der Waals surface area contributed by atoms with E-state index in [1.807, 2.05) is 26.0 Å². The highest BCUT2D eigenvalue weighted by atomic mass is 32.2. The molecule has 6 nitrogen and oxygen atoms in total. The second-order valence-corrected chi connectivity index (χ2v) is 6.50. The fourth-order valence-corrected chi connectivity index (χ4v) is 3.12. The average Bonchev–Trinajstić information content (AvgIpc) is 2.80. The number of nitrogens with one attached hydrogen (secondary N) is 2. The number of rotatable bonds is 7. The van der Waals surface area contributed by atoms with Gasteiger partial charge in [0.25, 0.3) is 0 Å². The molecule has 0 bridgehead atoms. The largest absolute Gasteiger partial charge is 0.356 e. The molecule has 7 heteroatoms. The first kappa shape index (κ1) is 15.0. The lowest BCUT2D eigenvalue weighted by atomic mass is 10.2. The molecule has 0 fully saturated rings. The molecule has 1 aromatic carbocycles. The number of likely N-dealkylation sites (N-methyl/N-ethyl adjacent to an activating group) is 1. The Hall–Kier alpha value is -1.44. The number of sulfonamides is 1. The minimum absolute atomic E-state index is 0.0869.